The van der Waals surface area contributed by atoms with E-state index in [1.165, 1.54) is 5.56 Å². The Bertz CT molecular complexity index is 809. The molecule has 0 aliphatic carbocycles. The Balaban J connectivity index is 2.18. The van der Waals surface area contributed by atoms with Crippen molar-refractivity contribution in [2.24, 2.45) is 0 Å². The Hall–Kier alpha value is -2.53. The van der Waals surface area contributed by atoms with E-state index in [0.29, 0.717) is 23.8 Å². The summed E-state index contributed by atoms with van der Waals surface area (Å²) in [5, 5.41) is 9.92. The number of carboxylic acids is 1. The molecular formula is C24H31NO4. The third-order valence-corrected chi connectivity index (χ3v) is 5.82. The number of hydrogen-bond acceptors (Lipinski definition) is 4. The number of carbonyl (C=O) groups is 1. The molecule has 0 spiro atoms. The van der Waals surface area contributed by atoms with Crippen molar-refractivity contribution in [3.05, 3.63) is 59.2 Å². The van der Waals surface area contributed by atoms with Crippen molar-refractivity contribution in [1.29, 1.82) is 0 Å². The van der Waals surface area contributed by atoms with Gasteiger partial charge in [-0.05, 0) is 48.6 Å². The van der Waals surface area contributed by atoms with Crippen LogP contribution in [-0.2, 0) is 4.79 Å². The molecule has 156 valence electrons. The van der Waals surface area contributed by atoms with Crippen LogP contribution in [0.1, 0.15) is 61.8 Å². The Morgan fingerprint density at radius 3 is 2.10 bits per heavy atom. The van der Waals surface area contributed by atoms with Crippen molar-refractivity contribution < 1.29 is 19.4 Å². The van der Waals surface area contributed by atoms with E-state index in [-0.39, 0.29) is 6.04 Å². The van der Waals surface area contributed by atoms with Gasteiger partial charge in [-0.15, -0.1) is 0 Å². The molecule has 0 radical (unpaired) electrons. The largest absolute Gasteiger partial charge is 0.496 e. The Labute approximate surface area is 173 Å². The van der Waals surface area contributed by atoms with Gasteiger partial charge in [0, 0.05) is 0 Å². The van der Waals surface area contributed by atoms with Gasteiger partial charge in [0.1, 0.15) is 17.5 Å². The zero-order valence-corrected chi connectivity index (χ0v) is 17.7. The molecule has 0 saturated carbocycles. The second-order valence-corrected chi connectivity index (χ2v) is 7.89. The molecule has 1 N–H and O–H groups in total. The van der Waals surface area contributed by atoms with Gasteiger partial charge < -0.3 is 14.6 Å². The van der Waals surface area contributed by atoms with Gasteiger partial charge in [0.05, 0.1) is 25.8 Å². The van der Waals surface area contributed by atoms with Gasteiger partial charge in [0.25, 0.3) is 0 Å². The van der Waals surface area contributed by atoms with Crippen molar-refractivity contribution >= 4 is 5.97 Å². The standard InChI is InChI=1S/C24H31NO4/c1-16(2)17-11-13-18(14-12-17)23(25-15-6-5-8-19(25)24(26)27)22-20(28-3)9-7-10-21(22)29-4/h7,9-14,16,19,23H,5-6,8,15H2,1-4H3,(H,26,27). The fourth-order valence-electron chi connectivity index (χ4n) is 4.26. The van der Waals surface area contributed by atoms with Crippen LogP contribution in [0.3, 0.4) is 0 Å². The summed E-state index contributed by atoms with van der Waals surface area (Å²) in [6, 6.07) is 13.4. The van der Waals surface area contributed by atoms with Crippen LogP contribution in [0.4, 0.5) is 0 Å². The number of ether oxygens (including phenoxy) is 2. The zero-order chi connectivity index (χ0) is 21.0. The molecule has 5 heteroatoms. The van der Waals surface area contributed by atoms with E-state index in [1.807, 2.05) is 18.2 Å². The first-order chi connectivity index (χ1) is 14.0. The first-order valence-corrected chi connectivity index (χ1v) is 10.3. The quantitative estimate of drug-likeness (QED) is 0.723. The van der Waals surface area contributed by atoms with Gasteiger partial charge in [-0.3, -0.25) is 9.69 Å². The molecule has 5 nitrogen and oxygen atoms in total. The number of hydrogen-bond donors (Lipinski definition) is 1. The molecule has 0 bridgehead atoms. The van der Waals surface area contributed by atoms with Crippen molar-refractivity contribution in [3.63, 3.8) is 0 Å². The minimum atomic E-state index is -0.776. The summed E-state index contributed by atoms with van der Waals surface area (Å²) in [5.74, 6) is 1.07. The smallest absolute Gasteiger partial charge is 0.320 e. The highest BCUT2D eigenvalue weighted by atomic mass is 16.5. The summed E-state index contributed by atoms with van der Waals surface area (Å²) in [7, 11) is 3.28. The van der Waals surface area contributed by atoms with Crippen LogP contribution in [-0.4, -0.2) is 42.8 Å². The van der Waals surface area contributed by atoms with Gasteiger partial charge in [-0.1, -0.05) is 50.6 Å². The van der Waals surface area contributed by atoms with Crippen molar-refractivity contribution in [3.8, 4) is 11.5 Å². The molecule has 1 aliphatic heterocycles. The lowest BCUT2D eigenvalue weighted by molar-refractivity contribution is -0.145. The highest BCUT2D eigenvalue weighted by Crippen LogP contribution is 2.43. The lowest BCUT2D eigenvalue weighted by Gasteiger charge is -2.40. The molecule has 1 aliphatic rings. The number of rotatable bonds is 7. The first kappa shape index (κ1) is 21.2. The number of methoxy groups -OCH3 is 2. The van der Waals surface area contributed by atoms with Gasteiger partial charge in [0.2, 0.25) is 0 Å². The molecule has 1 heterocycles. The van der Waals surface area contributed by atoms with Crippen molar-refractivity contribution in [2.75, 3.05) is 20.8 Å². The molecular weight excluding hydrogens is 366 g/mol. The Kier molecular flexibility index (Phi) is 6.80. The molecule has 2 unspecified atom stereocenters. The number of likely N-dealkylation sites (tertiary alicyclic amines) is 1. The van der Waals surface area contributed by atoms with Crippen molar-refractivity contribution in [1.82, 2.24) is 4.90 Å². The molecule has 0 aromatic heterocycles. The van der Waals surface area contributed by atoms with E-state index in [2.05, 4.69) is 43.0 Å². The maximum atomic E-state index is 12.1. The van der Waals surface area contributed by atoms with Gasteiger partial charge in [-0.25, -0.2) is 0 Å². The van der Waals surface area contributed by atoms with Crippen molar-refractivity contribution in [2.45, 2.75) is 51.1 Å². The predicted octanol–water partition coefficient (Wildman–Crippen LogP) is 4.86. The maximum absolute atomic E-state index is 12.1. The Morgan fingerprint density at radius 1 is 1.00 bits per heavy atom. The molecule has 0 amide bonds. The molecule has 2 atom stereocenters. The fourth-order valence-corrected chi connectivity index (χ4v) is 4.26. The second-order valence-electron chi connectivity index (χ2n) is 7.89. The topological polar surface area (TPSA) is 59.0 Å². The van der Waals surface area contributed by atoms with E-state index >= 15 is 0 Å². The summed E-state index contributed by atoms with van der Waals surface area (Å²) < 4.78 is 11.4. The SMILES string of the molecule is COc1cccc(OC)c1C(c1ccc(C(C)C)cc1)N1CCCCC1C(=O)O. The lowest BCUT2D eigenvalue weighted by Crippen LogP contribution is -2.47. The normalized spacial score (nSPS) is 18.4. The van der Waals surface area contributed by atoms with Gasteiger partial charge in [-0.2, -0.15) is 0 Å². The maximum Gasteiger partial charge on any atom is 0.320 e. The number of nitrogens with zero attached hydrogens (tertiary/aromatic N) is 1. The molecule has 2 aromatic carbocycles. The van der Waals surface area contributed by atoms with Crippen LogP contribution in [0.15, 0.2) is 42.5 Å². The van der Waals surface area contributed by atoms with E-state index in [0.717, 1.165) is 30.5 Å². The molecule has 2 aromatic rings. The summed E-state index contributed by atoms with van der Waals surface area (Å²) in [5.41, 5.74) is 3.18. The summed E-state index contributed by atoms with van der Waals surface area (Å²) in [6.45, 7) is 5.05. The predicted molar refractivity (Wildman–Crippen MR) is 114 cm³/mol. The second kappa shape index (κ2) is 9.31. The van der Waals surface area contributed by atoms with E-state index in [1.54, 1.807) is 14.2 Å². The molecule has 1 saturated heterocycles. The summed E-state index contributed by atoms with van der Waals surface area (Å²) >= 11 is 0. The van der Waals surface area contributed by atoms with Crippen LogP contribution in [0.5, 0.6) is 11.5 Å². The number of aliphatic carboxylic acids is 1. The highest BCUT2D eigenvalue weighted by molar-refractivity contribution is 5.74. The third-order valence-electron chi connectivity index (χ3n) is 5.82. The average molecular weight is 398 g/mol. The van der Waals surface area contributed by atoms with Gasteiger partial charge >= 0.3 is 5.97 Å². The Morgan fingerprint density at radius 2 is 1.59 bits per heavy atom. The van der Waals surface area contributed by atoms with Crippen LogP contribution in [0.2, 0.25) is 0 Å². The summed E-state index contributed by atoms with van der Waals surface area (Å²) in [4.78, 5) is 14.2. The zero-order valence-electron chi connectivity index (χ0n) is 17.7. The number of carboxylic acid groups (broad SMARTS) is 1. The average Bonchev–Trinajstić information content (AvgIpc) is 2.74. The van der Waals surface area contributed by atoms with E-state index in [4.69, 9.17) is 9.47 Å². The molecule has 3 rings (SSSR count). The first-order valence-electron chi connectivity index (χ1n) is 10.3. The number of benzene rings is 2. The fraction of sp³-hybridized carbons (Fsp3) is 0.458. The molecule has 29 heavy (non-hydrogen) atoms. The third kappa shape index (κ3) is 4.40. The lowest BCUT2D eigenvalue weighted by atomic mass is 9.89. The summed E-state index contributed by atoms with van der Waals surface area (Å²) in [6.07, 6.45) is 2.55. The van der Waals surface area contributed by atoms with Crippen LogP contribution >= 0.6 is 0 Å². The highest BCUT2D eigenvalue weighted by Gasteiger charge is 2.37. The van der Waals surface area contributed by atoms with Crippen LogP contribution in [0.25, 0.3) is 0 Å². The van der Waals surface area contributed by atoms with Gasteiger partial charge in [0.15, 0.2) is 0 Å². The van der Waals surface area contributed by atoms with E-state index in [9.17, 15) is 9.90 Å². The minimum Gasteiger partial charge on any atom is -0.496 e. The van der Waals surface area contributed by atoms with Crippen LogP contribution in [0, 0.1) is 0 Å². The van der Waals surface area contributed by atoms with Crippen LogP contribution < -0.4 is 9.47 Å². The molecule has 1 fully saturated rings. The number of piperidine rings is 1. The minimum absolute atomic E-state index is 0.260. The van der Waals surface area contributed by atoms with E-state index < -0.39 is 12.0 Å². The monoisotopic (exact) mass is 397 g/mol.